The summed E-state index contributed by atoms with van der Waals surface area (Å²) in [5.74, 6) is 7.10. The Morgan fingerprint density at radius 3 is 2.40 bits per heavy atom. The predicted octanol–water partition coefficient (Wildman–Crippen LogP) is 1.27. The van der Waals surface area contributed by atoms with Gasteiger partial charge in [-0.15, -0.1) is 0 Å². The highest BCUT2D eigenvalue weighted by Crippen LogP contribution is 2.28. The maximum atomic E-state index is 5.36. The van der Waals surface area contributed by atoms with Crippen molar-refractivity contribution in [3.8, 4) is 0 Å². The van der Waals surface area contributed by atoms with Gasteiger partial charge in [0.15, 0.2) is 0 Å². The molecular weight excluding hydrogens is 124 g/mol. The van der Waals surface area contributed by atoms with Crippen LogP contribution in [0.25, 0.3) is 0 Å². The SMILES string of the molecule is C[C@@H]1CC[C@@H](NN)C[C@H]1C. The topological polar surface area (TPSA) is 38.0 Å². The first kappa shape index (κ1) is 8.02. The molecule has 0 aromatic heterocycles. The van der Waals surface area contributed by atoms with Gasteiger partial charge in [-0.25, -0.2) is 0 Å². The Kier molecular flexibility index (Phi) is 2.69. The van der Waals surface area contributed by atoms with E-state index in [9.17, 15) is 0 Å². The van der Waals surface area contributed by atoms with Crippen molar-refractivity contribution in [3.63, 3.8) is 0 Å². The van der Waals surface area contributed by atoms with Crippen LogP contribution in [0.2, 0.25) is 0 Å². The molecule has 0 heterocycles. The van der Waals surface area contributed by atoms with Crippen molar-refractivity contribution in [1.29, 1.82) is 0 Å². The highest BCUT2D eigenvalue weighted by Gasteiger charge is 2.23. The molecule has 3 N–H and O–H groups in total. The fourth-order valence-corrected chi connectivity index (χ4v) is 1.70. The first-order valence-corrected chi connectivity index (χ1v) is 4.20. The second-order valence-corrected chi connectivity index (χ2v) is 3.63. The molecule has 2 nitrogen and oxygen atoms in total. The average Bonchev–Trinajstić information content (AvgIpc) is 1.95. The van der Waals surface area contributed by atoms with Crippen molar-refractivity contribution < 1.29 is 0 Å². The van der Waals surface area contributed by atoms with Crippen LogP contribution in [0.4, 0.5) is 0 Å². The van der Waals surface area contributed by atoms with E-state index >= 15 is 0 Å². The third-order valence-corrected chi connectivity index (χ3v) is 2.83. The van der Waals surface area contributed by atoms with Gasteiger partial charge >= 0.3 is 0 Å². The van der Waals surface area contributed by atoms with Crippen LogP contribution in [0.1, 0.15) is 33.1 Å². The molecule has 2 heteroatoms. The van der Waals surface area contributed by atoms with Crippen molar-refractivity contribution in [2.75, 3.05) is 0 Å². The van der Waals surface area contributed by atoms with E-state index in [1.54, 1.807) is 0 Å². The largest absolute Gasteiger partial charge is 0.271 e. The maximum absolute atomic E-state index is 5.36. The van der Waals surface area contributed by atoms with Crippen LogP contribution in [0.3, 0.4) is 0 Å². The lowest BCUT2D eigenvalue weighted by Crippen LogP contribution is -2.40. The predicted molar refractivity (Wildman–Crippen MR) is 43.3 cm³/mol. The molecule has 0 spiro atoms. The van der Waals surface area contributed by atoms with Crippen molar-refractivity contribution >= 4 is 0 Å². The van der Waals surface area contributed by atoms with Gasteiger partial charge in [-0.2, -0.15) is 0 Å². The Labute approximate surface area is 63.1 Å². The number of hydrogen-bond acceptors (Lipinski definition) is 2. The molecule has 3 atom stereocenters. The van der Waals surface area contributed by atoms with Gasteiger partial charge in [-0.05, 0) is 31.1 Å². The molecule has 10 heavy (non-hydrogen) atoms. The lowest BCUT2D eigenvalue weighted by molar-refractivity contribution is 0.227. The van der Waals surface area contributed by atoms with Crippen LogP contribution in [0.5, 0.6) is 0 Å². The number of rotatable bonds is 1. The minimum Gasteiger partial charge on any atom is -0.271 e. The molecule has 0 unspecified atom stereocenters. The van der Waals surface area contributed by atoms with Gasteiger partial charge in [-0.3, -0.25) is 11.3 Å². The summed E-state index contributed by atoms with van der Waals surface area (Å²) in [6.07, 6.45) is 3.83. The summed E-state index contributed by atoms with van der Waals surface area (Å²) < 4.78 is 0. The van der Waals surface area contributed by atoms with Gasteiger partial charge in [0, 0.05) is 6.04 Å². The normalized spacial score (nSPS) is 41.7. The molecule has 0 aromatic carbocycles. The average molecular weight is 142 g/mol. The second kappa shape index (κ2) is 3.35. The fraction of sp³-hybridized carbons (Fsp3) is 1.00. The Balaban J connectivity index is 2.33. The molecule has 0 amide bonds. The van der Waals surface area contributed by atoms with Crippen molar-refractivity contribution in [1.82, 2.24) is 5.43 Å². The standard InChI is InChI=1S/C8H18N2/c1-6-3-4-8(10-9)5-7(6)2/h6-8,10H,3-5,9H2,1-2H3/t6-,7-,8-/m1/s1. The third-order valence-electron chi connectivity index (χ3n) is 2.83. The summed E-state index contributed by atoms with van der Waals surface area (Å²) in [6, 6.07) is 0.575. The summed E-state index contributed by atoms with van der Waals surface area (Å²) in [5.41, 5.74) is 2.85. The Hall–Kier alpha value is -0.0800. The van der Waals surface area contributed by atoms with E-state index in [4.69, 9.17) is 5.84 Å². The molecule has 0 bridgehead atoms. The van der Waals surface area contributed by atoms with E-state index in [1.165, 1.54) is 19.3 Å². The second-order valence-electron chi connectivity index (χ2n) is 3.63. The molecule has 0 saturated heterocycles. The van der Waals surface area contributed by atoms with Crippen LogP contribution in [0.15, 0.2) is 0 Å². The molecule has 0 aliphatic heterocycles. The number of hydrogen-bond donors (Lipinski definition) is 2. The molecule has 1 saturated carbocycles. The summed E-state index contributed by atoms with van der Waals surface area (Å²) in [4.78, 5) is 0. The minimum absolute atomic E-state index is 0.575. The van der Waals surface area contributed by atoms with Gasteiger partial charge in [0.2, 0.25) is 0 Å². The van der Waals surface area contributed by atoms with Crippen LogP contribution >= 0.6 is 0 Å². The third kappa shape index (κ3) is 1.70. The highest BCUT2D eigenvalue weighted by atomic mass is 15.2. The molecule has 1 rings (SSSR count). The lowest BCUT2D eigenvalue weighted by Gasteiger charge is -2.31. The fourth-order valence-electron chi connectivity index (χ4n) is 1.70. The minimum atomic E-state index is 0.575. The van der Waals surface area contributed by atoms with Crippen molar-refractivity contribution in [2.24, 2.45) is 17.7 Å². The molecule has 1 aliphatic rings. The van der Waals surface area contributed by atoms with Gasteiger partial charge in [0.05, 0.1) is 0 Å². The Morgan fingerprint density at radius 2 is 1.90 bits per heavy atom. The summed E-state index contributed by atoms with van der Waals surface area (Å²) in [6.45, 7) is 4.64. The maximum Gasteiger partial charge on any atom is 0.0213 e. The summed E-state index contributed by atoms with van der Waals surface area (Å²) in [7, 11) is 0. The van der Waals surface area contributed by atoms with Crippen LogP contribution in [-0.4, -0.2) is 6.04 Å². The zero-order valence-corrected chi connectivity index (χ0v) is 6.93. The molecule has 1 fully saturated rings. The quantitative estimate of drug-likeness (QED) is 0.427. The number of hydrazine groups is 1. The molecule has 0 radical (unpaired) electrons. The van der Waals surface area contributed by atoms with Crippen molar-refractivity contribution in [3.05, 3.63) is 0 Å². The first-order valence-electron chi connectivity index (χ1n) is 4.20. The molecule has 0 aromatic rings. The van der Waals surface area contributed by atoms with Crippen LogP contribution in [0, 0.1) is 11.8 Å². The van der Waals surface area contributed by atoms with Crippen LogP contribution in [-0.2, 0) is 0 Å². The smallest absolute Gasteiger partial charge is 0.0213 e. The Morgan fingerprint density at radius 1 is 1.20 bits per heavy atom. The van der Waals surface area contributed by atoms with E-state index in [2.05, 4.69) is 19.3 Å². The van der Waals surface area contributed by atoms with E-state index < -0.39 is 0 Å². The summed E-state index contributed by atoms with van der Waals surface area (Å²) in [5, 5.41) is 0. The summed E-state index contributed by atoms with van der Waals surface area (Å²) >= 11 is 0. The monoisotopic (exact) mass is 142 g/mol. The van der Waals surface area contributed by atoms with Crippen molar-refractivity contribution in [2.45, 2.75) is 39.2 Å². The van der Waals surface area contributed by atoms with E-state index in [0.29, 0.717) is 6.04 Å². The van der Waals surface area contributed by atoms with Gasteiger partial charge in [-0.1, -0.05) is 13.8 Å². The highest BCUT2D eigenvalue weighted by molar-refractivity contribution is 4.77. The zero-order chi connectivity index (χ0) is 7.56. The number of nitrogens with one attached hydrogen (secondary N) is 1. The van der Waals surface area contributed by atoms with Gasteiger partial charge in [0.1, 0.15) is 0 Å². The van der Waals surface area contributed by atoms with E-state index in [1.807, 2.05) is 0 Å². The van der Waals surface area contributed by atoms with Gasteiger partial charge < -0.3 is 0 Å². The van der Waals surface area contributed by atoms with E-state index in [-0.39, 0.29) is 0 Å². The van der Waals surface area contributed by atoms with Gasteiger partial charge in [0.25, 0.3) is 0 Å². The lowest BCUT2D eigenvalue weighted by atomic mass is 9.79. The van der Waals surface area contributed by atoms with Crippen LogP contribution < -0.4 is 11.3 Å². The first-order chi connectivity index (χ1) is 4.74. The number of nitrogens with two attached hydrogens (primary N) is 1. The molecular formula is C8H18N2. The molecule has 60 valence electrons. The van der Waals surface area contributed by atoms with E-state index in [0.717, 1.165) is 11.8 Å². The Bertz CT molecular complexity index is 103. The zero-order valence-electron chi connectivity index (χ0n) is 6.93. The molecule has 1 aliphatic carbocycles.